The number of benzene rings is 3. The average molecular weight is 463 g/mol. The van der Waals surface area contributed by atoms with Crippen molar-refractivity contribution in [2.75, 3.05) is 6.54 Å². The summed E-state index contributed by atoms with van der Waals surface area (Å²) >= 11 is 6.42. The monoisotopic (exact) mass is 462 g/mol. The number of halogens is 1. The van der Waals surface area contributed by atoms with Gasteiger partial charge < -0.3 is 10.2 Å². The van der Waals surface area contributed by atoms with E-state index in [1.165, 1.54) is 0 Å². The van der Waals surface area contributed by atoms with Gasteiger partial charge in [-0.1, -0.05) is 97.4 Å². The van der Waals surface area contributed by atoms with E-state index < -0.39 is 6.04 Å². The van der Waals surface area contributed by atoms with Gasteiger partial charge in [-0.3, -0.25) is 9.59 Å². The lowest BCUT2D eigenvalue weighted by Crippen LogP contribution is -2.49. The number of nitrogens with zero attached hydrogens (tertiary/aromatic N) is 1. The number of likely N-dealkylation sites (N-methyl/N-ethyl adjacent to an activating group) is 1. The lowest BCUT2D eigenvalue weighted by Gasteiger charge is -2.32. The largest absolute Gasteiger partial charge is 0.355 e. The van der Waals surface area contributed by atoms with Crippen molar-refractivity contribution in [3.63, 3.8) is 0 Å². The molecule has 0 saturated carbocycles. The molecule has 2 amide bonds. The van der Waals surface area contributed by atoms with E-state index in [4.69, 9.17) is 11.6 Å². The van der Waals surface area contributed by atoms with Gasteiger partial charge in [0.2, 0.25) is 11.8 Å². The minimum Gasteiger partial charge on any atom is -0.355 e. The smallest absolute Gasteiger partial charge is 0.242 e. The topological polar surface area (TPSA) is 49.4 Å². The van der Waals surface area contributed by atoms with E-state index in [-0.39, 0.29) is 30.7 Å². The highest BCUT2D eigenvalue weighted by Crippen LogP contribution is 2.30. The van der Waals surface area contributed by atoms with E-state index in [2.05, 4.69) is 5.32 Å². The molecule has 33 heavy (non-hydrogen) atoms. The second-order valence-electron chi connectivity index (χ2n) is 8.01. The summed E-state index contributed by atoms with van der Waals surface area (Å²) in [5.41, 5.74) is 2.97. The molecule has 5 heteroatoms. The number of rotatable bonds is 10. The van der Waals surface area contributed by atoms with Crippen LogP contribution in [0.15, 0.2) is 84.9 Å². The summed E-state index contributed by atoms with van der Waals surface area (Å²) in [6, 6.07) is 27.0. The summed E-state index contributed by atoms with van der Waals surface area (Å²) in [6.45, 7) is 4.61. The predicted molar refractivity (Wildman–Crippen MR) is 134 cm³/mol. The fourth-order valence-corrected chi connectivity index (χ4v) is 4.31. The normalized spacial score (nSPS) is 11.8. The van der Waals surface area contributed by atoms with E-state index in [1.807, 2.05) is 98.8 Å². The van der Waals surface area contributed by atoms with E-state index >= 15 is 0 Å². The van der Waals surface area contributed by atoms with Crippen molar-refractivity contribution in [1.82, 2.24) is 10.2 Å². The Morgan fingerprint density at radius 2 is 1.39 bits per heavy atom. The first kappa shape index (κ1) is 24.5. The summed E-state index contributed by atoms with van der Waals surface area (Å²) in [4.78, 5) is 28.4. The summed E-state index contributed by atoms with van der Waals surface area (Å²) in [5, 5.41) is 3.47. The fraction of sp³-hybridized carbons (Fsp3) is 0.286. The van der Waals surface area contributed by atoms with Gasteiger partial charge in [-0.25, -0.2) is 0 Å². The zero-order valence-electron chi connectivity index (χ0n) is 19.2. The van der Waals surface area contributed by atoms with Crippen LogP contribution in [-0.4, -0.2) is 29.3 Å². The van der Waals surface area contributed by atoms with Crippen LogP contribution in [0.3, 0.4) is 0 Å². The molecule has 0 fully saturated rings. The van der Waals surface area contributed by atoms with Gasteiger partial charge in [0.1, 0.15) is 6.04 Å². The van der Waals surface area contributed by atoms with Crippen molar-refractivity contribution in [3.8, 4) is 0 Å². The molecule has 0 aromatic heterocycles. The van der Waals surface area contributed by atoms with Gasteiger partial charge in [-0.2, -0.15) is 0 Å². The number of hydrogen-bond donors (Lipinski definition) is 1. The minimum absolute atomic E-state index is 0.0780. The predicted octanol–water partition coefficient (Wildman–Crippen LogP) is 5.81. The molecule has 1 atom stereocenters. The van der Waals surface area contributed by atoms with Gasteiger partial charge in [0.25, 0.3) is 0 Å². The number of carbonyl (C=O) groups is 2. The van der Waals surface area contributed by atoms with E-state index in [9.17, 15) is 9.59 Å². The van der Waals surface area contributed by atoms with Crippen LogP contribution in [0.5, 0.6) is 0 Å². The molecule has 0 spiro atoms. The van der Waals surface area contributed by atoms with Crippen LogP contribution in [0.1, 0.15) is 49.3 Å². The maximum Gasteiger partial charge on any atom is 0.242 e. The molecular weight excluding hydrogens is 432 g/mol. The summed E-state index contributed by atoms with van der Waals surface area (Å²) < 4.78 is 0. The SMILES string of the molecule is CCNC(=O)[C@H](CC)N(Cc1ccccc1Cl)C(=O)CC(c1ccccc1)c1ccccc1. The molecule has 1 N–H and O–H groups in total. The van der Waals surface area contributed by atoms with Crippen LogP contribution in [0, 0.1) is 0 Å². The average Bonchev–Trinajstić information content (AvgIpc) is 2.84. The second kappa shape index (κ2) is 12.2. The van der Waals surface area contributed by atoms with Gasteiger partial charge in [0, 0.05) is 30.5 Å². The lowest BCUT2D eigenvalue weighted by molar-refractivity contribution is -0.141. The molecule has 3 aromatic carbocycles. The maximum atomic E-state index is 13.8. The molecule has 0 bridgehead atoms. The van der Waals surface area contributed by atoms with Crippen LogP contribution in [0.4, 0.5) is 0 Å². The molecular formula is C28H31ClN2O2. The van der Waals surface area contributed by atoms with Crippen LogP contribution >= 0.6 is 11.6 Å². The maximum absolute atomic E-state index is 13.8. The van der Waals surface area contributed by atoms with Gasteiger partial charge in [-0.05, 0) is 36.1 Å². The van der Waals surface area contributed by atoms with E-state index in [1.54, 1.807) is 4.90 Å². The Labute approximate surface area is 201 Å². The van der Waals surface area contributed by atoms with Crippen molar-refractivity contribution in [2.45, 2.75) is 45.2 Å². The Kier molecular flexibility index (Phi) is 9.08. The molecule has 4 nitrogen and oxygen atoms in total. The van der Waals surface area contributed by atoms with Crippen molar-refractivity contribution in [2.24, 2.45) is 0 Å². The Bertz CT molecular complexity index is 1000. The molecule has 0 unspecified atom stereocenters. The van der Waals surface area contributed by atoms with Crippen molar-refractivity contribution in [1.29, 1.82) is 0 Å². The molecule has 0 radical (unpaired) electrons. The third-order valence-corrected chi connectivity index (χ3v) is 6.19. The van der Waals surface area contributed by atoms with Gasteiger partial charge >= 0.3 is 0 Å². The number of amides is 2. The fourth-order valence-electron chi connectivity index (χ4n) is 4.11. The minimum atomic E-state index is -0.569. The van der Waals surface area contributed by atoms with Crippen molar-refractivity contribution >= 4 is 23.4 Å². The van der Waals surface area contributed by atoms with Gasteiger partial charge in [0.05, 0.1) is 0 Å². The van der Waals surface area contributed by atoms with Gasteiger partial charge in [-0.15, -0.1) is 0 Å². The number of carbonyl (C=O) groups excluding carboxylic acids is 2. The molecule has 0 aliphatic heterocycles. The van der Waals surface area contributed by atoms with Crippen LogP contribution in [0.25, 0.3) is 0 Å². The van der Waals surface area contributed by atoms with Crippen molar-refractivity contribution in [3.05, 3.63) is 107 Å². The number of hydrogen-bond acceptors (Lipinski definition) is 2. The first-order valence-electron chi connectivity index (χ1n) is 11.5. The third kappa shape index (κ3) is 6.45. The molecule has 3 rings (SSSR count). The highest BCUT2D eigenvalue weighted by atomic mass is 35.5. The Balaban J connectivity index is 1.96. The Morgan fingerprint density at radius 3 is 1.91 bits per heavy atom. The van der Waals surface area contributed by atoms with Gasteiger partial charge in [0.15, 0.2) is 0 Å². The zero-order valence-corrected chi connectivity index (χ0v) is 20.0. The Hall–Kier alpha value is -3.11. The standard InChI is InChI=1S/C28H31ClN2O2/c1-3-26(28(33)30-4-2)31(20-23-17-11-12-18-25(23)29)27(32)19-24(21-13-7-5-8-14-21)22-15-9-6-10-16-22/h5-18,24,26H,3-4,19-20H2,1-2H3,(H,30,33)/t26-/m0/s1. The lowest BCUT2D eigenvalue weighted by atomic mass is 9.88. The first-order chi connectivity index (χ1) is 16.0. The highest BCUT2D eigenvalue weighted by molar-refractivity contribution is 6.31. The summed E-state index contributed by atoms with van der Waals surface area (Å²) in [5.74, 6) is -0.331. The quantitative estimate of drug-likeness (QED) is 0.413. The van der Waals surface area contributed by atoms with Crippen molar-refractivity contribution < 1.29 is 9.59 Å². The summed E-state index contributed by atoms with van der Waals surface area (Å²) in [6.07, 6.45) is 0.776. The Morgan fingerprint density at radius 1 is 0.848 bits per heavy atom. The second-order valence-corrected chi connectivity index (χ2v) is 8.42. The molecule has 0 aliphatic rings. The van der Waals surface area contributed by atoms with E-state index in [0.717, 1.165) is 16.7 Å². The molecule has 0 heterocycles. The van der Waals surface area contributed by atoms with Crippen LogP contribution in [-0.2, 0) is 16.1 Å². The highest BCUT2D eigenvalue weighted by Gasteiger charge is 2.31. The molecule has 0 saturated heterocycles. The number of nitrogens with one attached hydrogen (secondary N) is 1. The summed E-state index contributed by atoms with van der Waals surface area (Å²) in [7, 11) is 0. The third-order valence-electron chi connectivity index (χ3n) is 5.82. The van der Waals surface area contributed by atoms with Crippen LogP contribution in [0.2, 0.25) is 5.02 Å². The molecule has 0 aliphatic carbocycles. The zero-order chi connectivity index (χ0) is 23.6. The first-order valence-corrected chi connectivity index (χ1v) is 11.8. The molecule has 3 aromatic rings. The van der Waals surface area contributed by atoms with Crippen LogP contribution < -0.4 is 5.32 Å². The molecule has 172 valence electrons. The van der Waals surface area contributed by atoms with E-state index in [0.29, 0.717) is 18.0 Å².